The number of benzene rings is 9. The van der Waals surface area contributed by atoms with E-state index in [1.165, 1.54) is 21.9 Å². The van der Waals surface area contributed by atoms with Gasteiger partial charge < -0.3 is 9.13 Å². The standard InChI is InChI=1S/C57H37N5/c1-4-17-38(18-5-1)39-19-14-20-40(35-39)41-21-15-22-42(36-41)55-58-56(43-33-34-47-46-27-10-12-30-50(46)62(53(47)37-43)45-25-8-3-9-26-45)60-57(59-55)49-29-16-32-52-54(49)48-28-11-13-31-51(48)61(52)44-23-6-2-7-24-44/h1-37H. The maximum absolute atomic E-state index is 5.39. The van der Waals surface area contributed by atoms with E-state index < -0.39 is 0 Å². The van der Waals surface area contributed by atoms with Crippen LogP contribution in [-0.4, -0.2) is 24.1 Å². The van der Waals surface area contributed by atoms with Crippen LogP contribution >= 0.6 is 0 Å². The van der Waals surface area contributed by atoms with Crippen molar-refractivity contribution in [3.05, 3.63) is 224 Å². The Morgan fingerprint density at radius 3 is 1.37 bits per heavy atom. The fraction of sp³-hybridized carbons (Fsp3) is 0. The number of hydrogen-bond donors (Lipinski definition) is 0. The molecular weight excluding hydrogens is 755 g/mol. The van der Waals surface area contributed by atoms with Crippen LogP contribution in [0.3, 0.4) is 0 Å². The van der Waals surface area contributed by atoms with Crippen LogP contribution in [0, 0.1) is 0 Å². The predicted octanol–water partition coefficient (Wildman–Crippen LogP) is 14.4. The van der Waals surface area contributed by atoms with Gasteiger partial charge in [0.05, 0.1) is 22.1 Å². The topological polar surface area (TPSA) is 48.5 Å². The normalized spacial score (nSPS) is 11.5. The molecule has 0 saturated heterocycles. The lowest BCUT2D eigenvalue weighted by atomic mass is 9.98. The minimum Gasteiger partial charge on any atom is -0.309 e. The van der Waals surface area contributed by atoms with Gasteiger partial charge in [-0.15, -0.1) is 0 Å². The molecule has 0 spiro atoms. The molecule has 62 heavy (non-hydrogen) atoms. The molecule has 3 aromatic heterocycles. The molecule has 0 bridgehead atoms. The SMILES string of the molecule is c1ccc(-c2cccc(-c3cccc(-c4nc(-c5ccc6c7ccccc7n(-c7ccccc7)c6c5)nc(-c5cccc6c5c5ccccc5n6-c5ccccc5)n4)c3)c2)cc1. The first-order valence-electron chi connectivity index (χ1n) is 20.9. The molecule has 0 fully saturated rings. The summed E-state index contributed by atoms with van der Waals surface area (Å²) in [5.41, 5.74) is 14.0. The zero-order chi connectivity index (χ0) is 41.0. The highest BCUT2D eigenvalue weighted by molar-refractivity contribution is 6.15. The van der Waals surface area contributed by atoms with Gasteiger partial charge in [0, 0.05) is 49.6 Å². The molecule has 3 heterocycles. The highest BCUT2D eigenvalue weighted by Gasteiger charge is 2.21. The molecule has 5 heteroatoms. The lowest BCUT2D eigenvalue weighted by Gasteiger charge is -2.12. The third-order valence-electron chi connectivity index (χ3n) is 12.0. The van der Waals surface area contributed by atoms with Gasteiger partial charge in [-0.2, -0.15) is 0 Å². The monoisotopic (exact) mass is 791 g/mol. The van der Waals surface area contributed by atoms with Crippen molar-refractivity contribution in [3.8, 4) is 67.8 Å². The lowest BCUT2D eigenvalue weighted by molar-refractivity contribution is 1.08. The Bertz CT molecular complexity index is 3620. The van der Waals surface area contributed by atoms with Crippen molar-refractivity contribution >= 4 is 43.6 Å². The van der Waals surface area contributed by atoms with Gasteiger partial charge in [0.1, 0.15) is 0 Å². The Morgan fingerprint density at radius 1 is 0.258 bits per heavy atom. The summed E-state index contributed by atoms with van der Waals surface area (Å²) in [4.78, 5) is 16.1. The molecular formula is C57H37N5. The number of hydrogen-bond acceptors (Lipinski definition) is 3. The first-order chi connectivity index (χ1) is 30.7. The summed E-state index contributed by atoms with van der Waals surface area (Å²) in [6, 6.07) is 79.2. The van der Waals surface area contributed by atoms with E-state index in [1.807, 2.05) is 0 Å². The second-order valence-corrected chi connectivity index (χ2v) is 15.6. The molecule has 290 valence electrons. The average Bonchev–Trinajstić information content (AvgIpc) is 3.87. The molecule has 9 aromatic carbocycles. The van der Waals surface area contributed by atoms with E-state index in [0.717, 1.165) is 72.0 Å². The molecule has 0 unspecified atom stereocenters. The molecule has 0 saturated carbocycles. The molecule has 12 rings (SSSR count). The highest BCUT2D eigenvalue weighted by Crippen LogP contribution is 2.40. The van der Waals surface area contributed by atoms with Crippen molar-refractivity contribution in [3.63, 3.8) is 0 Å². The first kappa shape index (κ1) is 35.5. The Kier molecular flexibility index (Phi) is 8.42. The molecule has 0 N–H and O–H groups in total. The number of aromatic nitrogens is 5. The van der Waals surface area contributed by atoms with Crippen LogP contribution in [0.1, 0.15) is 0 Å². The third-order valence-corrected chi connectivity index (χ3v) is 12.0. The zero-order valence-electron chi connectivity index (χ0n) is 33.6. The molecule has 0 aliphatic rings. The van der Waals surface area contributed by atoms with Crippen molar-refractivity contribution in [2.45, 2.75) is 0 Å². The van der Waals surface area contributed by atoms with Gasteiger partial charge >= 0.3 is 0 Å². The van der Waals surface area contributed by atoms with Crippen LogP contribution in [0.2, 0.25) is 0 Å². The molecule has 0 atom stereocenters. The Morgan fingerprint density at radius 2 is 0.694 bits per heavy atom. The predicted molar refractivity (Wildman–Crippen MR) is 256 cm³/mol. The van der Waals surface area contributed by atoms with Crippen LogP contribution < -0.4 is 0 Å². The Labute approximate surface area is 358 Å². The third kappa shape index (κ3) is 5.98. The van der Waals surface area contributed by atoms with E-state index in [0.29, 0.717) is 17.5 Å². The smallest absolute Gasteiger partial charge is 0.164 e. The van der Waals surface area contributed by atoms with Crippen molar-refractivity contribution in [1.82, 2.24) is 24.1 Å². The second kappa shape index (κ2) is 14.7. The van der Waals surface area contributed by atoms with Crippen LogP contribution in [0.15, 0.2) is 224 Å². The molecule has 0 aliphatic heterocycles. The number of nitrogens with zero attached hydrogens (tertiary/aromatic N) is 5. The Hall–Kier alpha value is -8.41. The van der Waals surface area contributed by atoms with Gasteiger partial charge in [0.2, 0.25) is 0 Å². The van der Waals surface area contributed by atoms with E-state index in [9.17, 15) is 0 Å². The number of para-hydroxylation sites is 4. The van der Waals surface area contributed by atoms with Crippen LogP contribution in [0.5, 0.6) is 0 Å². The number of fused-ring (bicyclic) bond motifs is 6. The molecule has 0 radical (unpaired) electrons. The van der Waals surface area contributed by atoms with Gasteiger partial charge in [0.25, 0.3) is 0 Å². The molecule has 0 aliphatic carbocycles. The average molecular weight is 792 g/mol. The summed E-state index contributed by atoms with van der Waals surface area (Å²) >= 11 is 0. The van der Waals surface area contributed by atoms with Crippen molar-refractivity contribution in [1.29, 1.82) is 0 Å². The summed E-state index contributed by atoms with van der Waals surface area (Å²) in [5.74, 6) is 1.84. The number of rotatable bonds is 7. The molecule has 5 nitrogen and oxygen atoms in total. The lowest BCUT2D eigenvalue weighted by Crippen LogP contribution is -2.01. The van der Waals surface area contributed by atoms with Gasteiger partial charge in [0.15, 0.2) is 17.5 Å². The summed E-state index contributed by atoms with van der Waals surface area (Å²) in [7, 11) is 0. The second-order valence-electron chi connectivity index (χ2n) is 15.6. The maximum atomic E-state index is 5.39. The zero-order valence-corrected chi connectivity index (χ0v) is 33.6. The maximum Gasteiger partial charge on any atom is 0.164 e. The van der Waals surface area contributed by atoms with Crippen LogP contribution in [0.25, 0.3) is 111 Å². The largest absolute Gasteiger partial charge is 0.309 e. The fourth-order valence-electron chi connectivity index (χ4n) is 9.13. The quantitative estimate of drug-likeness (QED) is 0.162. The van der Waals surface area contributed by atoms with E-state index in [1.54, 1.807) is 0 Å². The van der Waals surface area contributed by atoms with Crippen molar-refractivity contribution in [2.75, 3.05) is 0 Å². The summed E-state index contributed by atoms with van der Waals surface area (Å²) in [6.07, 6.45) is 0. The van der Waals surface area contributed by atoms with E-state index >= 15 is 0 Å². The van der Waals surface area contributed by atoms with Crippen LogP contribution in [0.4, 0.5) is 0 Å². The molecule has 0 amide bonds. The van der Waals surface area contributed by atoms with Gasteiger partial charge in [-0.05, 0) is 82.9 Å². The van der Waals surface area contributed by atoms with Gasteiger partial charge in [-0.3, -0.25) is 0 Å². The fourth-order valence-corrected chi connectivity index (χ4v) is 9.13. The first-order valence-corrected chi connectivity index (χ1v) is 20.9. The summed E-state index contributed by atoms with van der Waals surface area (Å²) in [6.45, 7) is 0. The van der Waals surface area contributed by atoms with Crippen LogP contribution in [-0.2, 0) is 0 Å². The summed E-state index contributed by atoms with van der Waals surface area (Å²) < 4.78 is 4.67. The van der Waals surface area contributed by atoms with E-state index in [-0.39, 0.29) is 0 Å². The minimum atomic E-state index is 0.608. The highest BCUT2D eigenvalue weighted by atomic mass is 15.0. The minimum absolute atomic E-state index is 0.608. The van der Waals surface area contributed by atoms with E-state index in [2.05, 4.69) is 234 Å². The summed E-state index contributed by atoms with van der Waals surface area (Å²) in [5, 5.41) is 4.61. The van der Waals surface area contributed by atoms with E-state index in [4.69, 9.17) is 15.0 Å². The Balaban J connectivity index is 1.09. The van der Waals surface area contributed by atoms with Gasteiger partial charge in [-0.1, -0.05) is 164 Å². The van der Waals surface area contributed by atoms with Gasteiger partial charge in [-0.25, -0.2) is 15.0 Å². The van der Waals surface area contributed by atoms with Crippen molar-refractivity contribution < 1.29 is 0 Å². The van der Waals surface area contributed by atoms with Crippen molar-refractivity contribution in [2.24, 2.45) is 0 Å². The molecule has 12 aromatic rings.